The summed E-state index contributed by atoms with van der Waals surface area (Å²) in [5.41, 5.74) is 8.12. The van der Waals surface area contributed by atoms with E-state index in [1.54, 1.807) is 0 Å². The summed E-state index contributed by atoms with van der Waals surface area (Å²) in [4.78, 5) is 0. The van der Waals surface area contributed by atoms with E-state index in [1.807, 2.05) is 0 Å². The van der Waals surface area contributed by atoms with E-state index in [9.17, 15) is 0 Å². The van der Waals surface area contributed by atoms with Gasteiger partial charge < -0.3 is 11.1 Å². The normalized spacial score (nSPS) is 34.3. The molecule has 1 saturated carbocycles. The van der Waals surface area contributed by atoms with Crippen molar-refractivity contribution >= 4 is 0 Å². The van der Waals surface area contributed by atoms with Gasteiger partial charge >= 0.3 is 0 Å². The molecule has 0 amide bonds. The highest BCUT2D eigenvalue weighted by Gasteiger charge is 2.44. The maximum Gasteiger partial charge on any atom is 0.0106 e. The molecule has 1 aromatic carbocycles. The Morgan fingerprint density at radius 3 is 2.67 bits per heavy atom. The van der Waals surface area contributed by atoms with Gasteiger partial charge in [-0.2, -0.15) is 0 Å². The predicted octanol–water partition coefficient (Wildman–Crippen LogP) is 3.46. The van der Waals surface area contributed by atoms with Gasteiger partial charge in [-0.25, -0.2) is 0 Å². The molecule has 0 aromatic heterocycles. The lowest BCUT2D eigenvalue weighted by Gasteiger charge is -2.48. The third-order valence-corrected chi connectivity index (χ3v) is 6.00. The lowest BCUT2D eigenvalue weighted by atomic mass is 9.57. The van der Waals surface area contributed by atoms with E-state index >= 15 is 0 Å². The molecule has 0 radical (unpaired) electrons. The van der Waals surface area contributed by atoms with Crippen molar-refractivity contribution in [3.8, 4) is 0 Å². The fourth-order valence-electron chi connectivity index (χ4n) is 4.90. The second-order valence-corrected chi connectivity index (χ2v) is 7.02. The first kappa shape index (κ1) is 15.1. The fourth-order valence-corrected chi connectivity index (χ4v) is 4.90. The Morgan fingerprint density at radius 2 is 1.86 bits per heavy atom. The Labute approximate surface area is 129 Å². The Hall–Kier alpha value is -0.860. The molecule has 1 heterocycles. The van der Waals surface area contributed by atoms with Crippen LogP contribution in [0.3, 0.4) is 0 Å². The van der Waals surface area contributed by atoms with Crippen molar-refractivity contribution in [1.29, 1.82) is 0 Å². The molecule has 3 atom stereocenters. The van der Waals surface area contributed by atoms with Gasteiger partial charge in [-0.05, 0) is 62.6 Å². The highest BCUT2D eigenvalue weighted by molar-refractivity contribution is 5.28. The van der Waals surface area contributed by atoms with E-state index in [-0.39, 0.29) is 5.41 Å². The molecule has 2 nitrogen and oxygen atoms in total. The van der Waals surface area contributed by atoms with Gasteiger partial charge in [0.1, 0.15) is 0 Å². The molecule has 0 spiro atoms. The average molecular weight is 286 g/mol. The molecule has 2 fully saturated rings. The van der Waals surface area contributed by atoms with Gasteiger partial charge in [-0.15, -0.1) is 0 Å². The van der Waals surface area contributed by atoms with Gasteiger partial charge in [0.15, 0.2) is 0 Å². The van der Waals surface area contributed by atoms with Crippen LogP contribution in [0.15, 0.2) is 30.3 Å². The largest absolute Gasteiger partial charge is 0.330 e. The number of hydrogen-bond acceptors (Lipinski definition) is 2. The third kappa shape index (κ3) is 3.02. The van der Waals surface area contributed by atoms with Gasteiger partial charge in [-0.3, -0.25) is 0 Å². The second kappa shape index (κ2) is 6.93. The van der Waals surface area contributed by atoms with Crippen molar-refractivity contribution in [2.75, 3.05) is 19.6 Å². The molecular weight excluding hydrogens is 256 g/mol. The molecule has 1 saturated heterocycles. The minimum absolute atomic E-state index is 0.231. The molecule has 2 heteroatoms. The zero-order valence-corrected chi connectivity index (χ0v) is 13.2. The zero-order chi connectivity index (χ0) is 14.5. The second-order valence-electron chi connectivity index (χ2n) is 7.02. The van der Waals surface area contributed by atoms with Crippen LogP contribution in [0, 0.1) is 11.8 Å². The Bertz CT molecular complexity index is 422. The predicted molar refractivity (Wildman–Crippen MR) is 89.3 cm³/mol. The number of rotatable bonds is 3. The Balaban J connectivity index is 1.91. The van der Waals surface area contributed by atoms with Crippen molar-refractivity contribution in [3.05, 3.63) is 35.9 Å². The molecular formula is C19H30N2. The van der Waals surface area contributed by atoms with Crippen molar-refractivity contribution in [3.63, 3.8) is 0 Å². The fraction of sp³-hybridized carbons (Fsp3) is 0.684. The molecule has 0 bridgehead atoms. The summed E-state index contributed by atoms with van der Waals surface area (Å²) >= 11 is 0. The smallest absolute Gasteiger partial charge is 0.0106 e. The van der Waals surface area contributed by atoms with Crippen LogP contribution in [0.4, 0.5) is 0 Å². The highest BCUT2D eigenvalue weighted by atomic mass is 14.9. The summed E-state index contributed by atoms with van der Waals surface area (Å²) < 4.78 is 0. The van der Waals surface area contributed by atoms with Gasteiger partial charge in [0.05, 0.1) is 0 Å². The number of hydrogen-bond donors (Lipinski definition) is 2. The molecule has 21 heavy (non-hydrogen) atoms. The number of nitrogens with one attached hydrogen (secondary N) is 1. The lowest BCUT2D eigenvalue weighted by molar-refractivity contribution is 0.116. The van der Waals surface area contributed by atoms with E-state index in [1.165, 1.54) is 63.6 Å². The van der Waals surface area contributed by atoms with Crippen LogP contribution < -0.4 is 11.1 Å². The van der Waals surface area contributed by atoms with E-state index in [4.69, 9.17) is 5.73 Å². The number of nitrogens with two attached hydrogens (primary N) is 1. The Morgan fingerprint density at radius 1 is 1.00 bits per heavy atom. The lowest BCUT2D eigenvalue weighted by Crippen LogP contribution is -2.47. The van der Waals surface area contributed by atoms with Gasteiger partial charge in [0.25, 0.3) is 0 Å². The molecule has 2 aliphatic rings. The number of benzene rings is 1. The standard InChI is InChI=1S/C19H30N2/c20-15-19(17-8-2-1-3-9-17)12-5-4-10-18(19)16-7-6-13-21-14-11-16/h1-3,8-9,16,18,21H,4-7,10-15,20H2. The molecule has 3 rings (SSSR count). The van der Waals surface area contributed by atoms with E-state index in [0.717, 1.165) is 18.4 Å². The van der Waals surface area contributed by atoms with Crippen LogP contribution >= 0.6 is 0 Å². The maximum absolute atomic E-state index is 6.39. The van der Waals surface area contributed by atoms with Crippen molar-refractivity contribution < 1.29 is 0 Å². The third-order valence-electron chi connectivity index (χ3n) is 6.00. The SMILES string of the molecule is NCC1(c2ccccc2)CCCCC1C1CCCNCC1. The minimum Gasteiger partial charge on any atom is -0.330 e. The quantitative estimate of drug-likeness (QED) is 0.893. The van der Waals surface area contributed by atoms with Crippen molar-refractivity contribution in [2.45, 2.75) is 50.4 Å². The summed E-state index contributed by atoms with van der Waals surface area (Å²) in [6.07, 6.45) is 9.43. The summed E-state index contributed by atoms with van der Waals surface area (Å²) in [5, 5.41) is 3.57. The average Bonchev–Trinajstić information content (AvgIpc) is 2.84. The first-order valence-electron chi connectivity index (χ1n) is 8.83. The first-order chi connectivity index (χ1) is 10.4. The summed E-state index contributed by atoms with van der Waals surface area (Å²) in [6, 6.07) is 11.1. The van der Waals surface area contributed by atoms with Crippen LogP contribution in [0.25, 0.3) is 0 Å². The van der Waals surface area contributed by atoms with Gasteiger partial charge in [0.2, 0.25) is 0 Å². The molecule has 3 unspecified atom stereocenters. The van der Waals surface area contributed by atoms with E-state index in [2.05, 4.69) is 35.6 Å². The van der Waals surface area contributed by atoms with Crippen molar-refractivity contribution in [1.82, 2.24) is 5.32 Å². The van der Waals surface area contributed by atoms with Crippen LogP contribution in [0.1, 0.15) is 50.5 Å². The van der Waals surface area contributed by atoms with E-state index < -0.39 is 0 Å². The van der Waals surface area contributed by atoms with Gasteiger partial charge in [-0.1, -0.05) is 43.2 Å². The van der Waals surface area contributed by atoms with Crippen LogP contribution in [-0.4, -0.2) is 19.6 Å². The summed E-state index contributed by atoms with van der Waals surface area (Å²) in [6.45, 7) is 3.20. The minimum atomic E-state index is 0.231. The van der Waals surface area contributed by atoms with Crippen molar-refractivity contribution in [2.24, 2.45) is 17.6 Å². The van der Waals surface area contributed by atoms with E-state index in [0.29, 0.717) is 0 Å². The van der Waals surface area contributed by atoms with Crippen LogP contribution in [-0.2, 0) is 5.41 Å². The summed E-state index contributed by atoms with van der Waals surface area (Å²) in [5.74, 6) is 1.63. The molecule has 1 aliphatic heterocycles. The molecule has 116 valence electrons. The Kier molecular flexibility index (Phi) is 4.97. The monoisotopic (exact) mass is 286 g/mol. The highest BCUT2D eigenvalue weighted by Crippen LogP contribution is 2.48. The topological polar surface area (TPSA) is 38.0 Å². The maximum atomic E-state index is 6.39. The van der Waals surface area contributed by atoms with Crippen LogP contribution in [0.2, 0.25) is 0 Å². The molecule has 3 N–H and O–H groups in total. The van der Waals surface area contributed by atoms with Gasteiger partial charge in [0, 0.05) is 12.0 Å². The first-order valence-corrected chi connectivity index (χ1v) is 8.83. The zero-order valence-electron chi connectivity index (χ0n) is 13.2. The molecule has 1 aromatic rings. The summed E-state index contributed by atoms with van der Waals surface area (Å²) in [7, 11) is 0. The molecule has 1 aliphatic carbocycles. The van der Waals surface area contributed by atoms with Crippen LogP contribution in [0.5, 0.6) is 0 Å².